The van der Waals surface area contributed by atoms with Crippen molar-refractivity contribution in [2.75, 3.05) is 6.61 Å². The normalized spacial score (nSPS) is 37.5. The molecule has 0 radical (unpaired) electrons. The van der Waals surface area contributed by atoms with Gasteiger partial charge in [-0.05, 0) is 20.3 Å². The molecule has 1 aliphatic heterocycles. The fourth-order valence-corrected chi connectivity index (χ4v) is 1.54. The fraction of sp³-hybridized carbons (Fsp3) is 0.875. The Balaban J connectivity index is 2.51. The van der Waals surface area contributed by atoms with Crippen molar-refractivity contribution in [2.45, 2.75) is 32.5 Å². The maximum absolute atomic E-state index is 11.0. The summed E-state index contributed by atoms with van der Waals surface area (Å²) in [6.45, 7) is 3.47. The average Bonchev–Trinajstić information content (AvgIpc) is 2.30. The van der Waals surface area contributed by atoms with Gasteiger partial charge in [0.2, 0.25) is 0 Å². The van der Waals surface area contributed by atoms with Crippen molar-refractivity contribution in [3.8, 4) is 0 Å². The number of Topliss-reactive ketones (excluding diaryl/α,β-unsaturated/α-hetero) is 1. The van der Waals surface area contributed by atoms with Gasteiger partial charge in [-0.2, -0.15) is 0 Å². The minimum absolute atomic E-state index is 0.00727. The number of hydrogen-bond donors (Lipinski definition) is 1. The molecule has 1 aliphatic rings. The zero-order chi connectivity index (χ0) is 8.43. The molecular weight excluding hydrogens is 144 g/mol. The molecule has 1 N–H and O–H groups in total. The molecule has 0 aliphatic carbocycles. The molecule has 0 aromatic rings. The molecule has 0 spiro atoms. The van der Waals surface area contributed by atoms with Gasteiger partial charge in [-0.1, -0.05) is 0 Å². The Hall–Kier alpha value is -0.410. The third-order valence-electron chi connectivity index (χ3n) is 2.22. The first-order valence-electron chi connectivity index (χ1n) is 3.92. The van der Waals surface area contributed by atoms with Crippen LogP contribution in [0.2, 0.25) is 0 Å². The summed E-state index contributed by atoms with van der Waals surface area (Å²) in [6.07, 6.45) is 0.524. The van der Waals surface area contributed by atoms with Crippen molar-refractivity contribution in [2.24, 2.45) is 5.92 Å². The lowest BCUT2D eigenvalue weighted by atomic mass is 9.97. The van der Waals surface area contributed by atoms with Gasteiger partial charge >= 0.3 is 0 Å². The lowest BCUT2D eigenvalue weighted by Crippen LogP contribution is -2.18. The van der Waals surface area contributed by atoms with Crippen molar-refractivity contribution in [1.82, 2.24) is 0 Å². The molecule has 3 heteroatoms. The lowest BCUT2D eigenvalue weighted by molar-refractivity contribution is -0.122. The molecule has 3 atom stereocenters. The average molecular weight is 158 g/mol. The van der Waals surface area contributed by atoms with E-state index < -0.39 is 0 Å². The Bertz CT molecular complexity index is 155. The van der Waals surface area contributed by atoms with Crippen LogP contribution in [0.5, 0.6) is 0 Å². The Morgan fingerprint density at radius 1 is 1.73 bits per heavy atom. The van der Waals surface area contributed by atoms with Crippen LogP contribution in [0.25, 0.3) is 0 Å². The van der Waals surface area contributed by atoms with Crippen LogP contribution in [0.15, 0.2) is 0 Å². The number of carbonyl (C=O) groups is 1. The van der Waals surface area contributed by atoms with Crippen molar-refractivity contribution in [3.05, 3.63) is 0 Å². The van der Waals surface area contributed by atoms with Crippen LogP contribution >= 0.6 is 0 Å². The molecule has 1 heterocycles. The van der Waals surface area contributed by atoms with Crippen molar-refractivity contribution in [3.63, 3.8) is 0 Å². The SMILES string of the molecule is CC(=O)[C@@H]1C[C@@H](CO)O[C@H]1C. The molecule has 3 nitrogen and oxygen atoms in total. The van der Waals surface area contributed by atoms with Crippen LogP contribution in [-0.4, -0.2) is 29.7 Å². The number of hydrogen-bond acceptors (Lipinski definition) is 3. The molecule has 0 unspecified atom stereocenters. The van der Waals surface area contributed by atoms with E-state index in [2.05, 4.69) is 0 Å². The highest BCUT2D eigenvalue weighted by molar-refractivity contribution is 5.79. The quantitative estimate of drug-likeness (QED) is 0.631. The molecule has 1 rings (SSSR count). The summed E-state index contributed by atoms with van der Waals surface area (Å²) in [7, 11) is 0. The molecule has 0 amide bonds. The molecule has 0 bridgehead atoms. The van der Waals surface area contributed by atoms with Gasteiger partial charge in [0.05, 0.1) is 18.8 Å². The Morgan fingerprint density at radius 2 is 2.36 bits per heavy atom. The summed E-state index contributed by atoms with van der Waals surface area (Å²) >= 11 is 0. The van der Waals surface area contributed by atoms with Gasteiger partial charge in [0.25, 0.3) is 0 Å². The highest BCUT2D eigenvalue weighted by Crippen LogP contribution is 2.26. The number of ether oxygens (including phenoxy) is 1. The molecule has 0 aromatic carbocycles. The van der Waals surface area contributed by atoms with Crippen LogP contribution < -0.4 is 0 Å². The van der Waals surface area contributed by atoms with E-state index in [1.165, 1.54) is 0 Å². The molecule has 0 saturated carbocycles. The molecule has 1 saturated heterocycles. The van der Waals surface area contributed by atoms with E-state index in [4.69, 9.17) is 9.84 Å². The van der Waals surface area contributed by atoms with Gasteiger partial charge in [0.15, 0.2) is 0 Å². The minimum Gasteiger partial charge on any atom is -0.394 e. The lowest BCUT2D eigenvalue weighted by Gasteiger charge is -2.08. The van der Waals surface area contributed by atoms with Crippen LogP contribution in [0, 0.1) is 5.92 Å². The van der Waals surface area contributed by atoms with Gasteiger partial charge in [0, 0.05) is 5.92 Å². The third-order valence-corrected chi connectivity index (χ3v) is 2.22. The zero-order valence-electron chi connectivity index (χ0n) is 6.91. The van der Waals surface area contributed by atoms with Gasteiger partial charge in [-0.25, -0.2) is 0 Å². The number of rotatable bonds is 2. The Kier molecular flexibility index (Phi) is 2.62. The second-order valence-electron chi connectivity index (χ2n) is 3.10. The smallest absolute Gasteiger partial charge is 0.135 e. The minimum atomic E-state index is -0.126. The van der Waals surface area contributed by atoms with E-state index in [1.54, 1.807) is 6.92 Å². The monoisotopic (exact) mass is 158 g/mol. The Morgan fingerprint density at radius 3 is 2.64 bits per heavy atom. The van der Waals surface area contributed by atoms with Gasteiger partial charge in [-0.3, -0.25) is 4.79 Å². The van der Waals surface area contributed by atoms with E-state index in [9.17, 15) is 4.79 Å². The maximum Gasteiger partial charge on any atom is 0.135 e. The second kappa shape index (κ2) is 3.32. The van der Waals surface area contributed by atoms with Gasteiger partial charge < -0.3 is 9.84 Å². The molecule has 0 aromatic heterocycles. The van der Waals surface area contributed by atoms with Crippen LogP contribution in [0.1, 0.15) is 20.3 Å². The molecule has 1 fully saturated rings. The fourth-order valence-electron chi connectivity index (χ4n) is 1.54. The third kappa shape index (κ3) is 1.79. The predicted molar refractivity (Wildman–Crippen MR) is 40.2 cm³/mol. The van der Waals surface area contributed by atoms with E-state index in [1.807, 2.05) is 6.92 Å². The first kappa shape index (κ1) is 8.68. The van der Waals surface area contributed by atoms with E-state index in [-0.39, 0.29) is 30.5 Å². The van der Waals surface area contributed by atoms with Gasteiger partial charge in [-0.15, -0.1) is 0 Å². The number of aliphatic hydroxyl groups is 1. The predicted octanol–water partition coefficient (Wildman–Crippen LogP) is 0.361. The standard InChI is InChI=1S/C8H14O3/c1-5(10)8-3-7(4-9)11-6(8)2/h6-9H,3-4H2,1-2H3/t6-,7-,8-/m0/s1. The van der Waals surface area contributed by atoms with Gasteiger partial charge in [0.1, 0.15) is 5.78 Å². The number of aliphatic hydroxyl groups excluding tert-OH is 1. The highest BCUT2D eigenvalue weighted by atomic mass is 16.5. The van der Waals surface area contributed by atoms with Crippen molar-refractivity contribution in [1.29, 1.82) is 0 Å². The Labute approximate surface area is 66.4 Å². The molecule has 11 heavy (non-hydrogen) atoms. The van der Waals surface area contributed by atoms with E-state index >= 15 is 0 Å². The maximum atomic E-state index is 11.0. The second-order valence-corrected chi connectivity index (χ2v) is 3.10. The van der Waals surface area contributed by atoms with Crippen LogP contribution in [-0.2, 0) is 9.53 Å². The van der Waals surface area contributed by atoms with Crippen molar-refractivity contribution < 1.29 is 14.6 Å². The highest BCUT2D eigenvalue weighted by Gasteiger charge is 2.34. The molecular formula is C8H14O3. The molecule has 64 valence electrons. The van der Waals surface area contributed by atoms with E-state index in [0.29, 0.717) is 6.42 Å². The summed E-state index contributed by atoms with van der Waals surface area (Å²) in [4.78, 5) is 11.0. The zero-order valence-corrected chi connectivity index (χ0v) is 6.91. The van der Waals surface area contributed by atoms with E-state index in [0.717, 1.165) is 0 Å². The first-order valence-corrected chi connectivity index (χ1v) is 3.92. The summed E-state index contributed by atoms with van der Waals surface area (Å²) in [5.41, 5.74) is 0. The van der Waals surface area contributed by atoms with Crippen molar-refractivity contribution >= 4 is 5.78 Å². The number of ketones is 1. The summed E-state index contributed by atoms with van der Waals surface area (Å²) in [5.74, 6) is 0.153. The largest absolute Gasteiger partial charge is 0.394 e. The topological polar surface area (TPSA) is 46.5 Å². The summed E-state index contributed by atoms with van der Waals surface area (Å²) in [6, 6.07) is 0. The summed E-state index contributed by atoms with van der Waals surface area (Å²) in [5, 5.41) is 8.75. The number of carbonyl (C=O) groups excluding carboxylic acids is 1. The summed E-state index contributed by atoms with van der Waals surface area (Å²) < 4.78 is 5.31. The van der Waals surface area contributed by atoms with Crippen LogP contribution in [0.4, 0.5) is 0 Å². The van der Waals surface area contributed by atoms with Crippen LogP contribution in [0.3, 0.4) is 0 Å². The first-order chi connectivity index (χ1) is 5.15.